The van der Waals surface area contributed by atoms with Crippen molar-refractivity contribution >= 4 is 0 Å². The van der Waals surface area contributed by atoms with Gasteiger partial charge in [-0.25, -0.2) is 0 Å². The Hall–Kier alpha value is -0.300. The van der Waals surface area contributed by atoms with E-state index in [1.54, 1.807) is 0 Å². The van der Waals surface area contributed by atoms with Gasteiger partial charge in [-0.05, 0) is 18.3 Å². The standard InChI is InChI=1S/C7H12O/c1-6-5-7(6)3-2-4-8/h2-3,6-8H,4-5H2,1H3/b3-2+. The first-order valence-corrected chi connectivity index (χ1v) is 3.12. The predicted molar refractivity (Wildman–Crippen MR) is 33.5 cm³/mol. The smallest absolute Gasteiger partial charge is 0.0612 e. The Bertz CT molecular complexity index is 96.6. The molecule has 0 heterocycles. The van der Waals surface area contributed by atoms with E-state index in [4.69, 9.17) is 5.11 Å². The van der Waals surface area contributed by atoms with Crippen LogP contribution in [-0.2, 0) is 0 Å². The minimum Gasteiger partial charge on any atom is -0.392 e. The van der Waals surface area contributed by atoms with Crippen LogP contribution in [0.25, 0.3) is 0 Å². The highest BCUT2D eigenvalue weighted by atomic mass is 16.2. The third-order valence-corrected chi connectivity index (χ3v) is 1.66. The van der Waals surface area contributed by atoms with Gasteiger partial charge >= 0.3 is 0 Å². The fraction of sp³-hybridized carbons (Fsp3) is 0.714. The Balaban J connectivity index is 2.12. The molecule has 0 aliphatic heterocycles. The van der Waals surface area contributed by atoms with Crippen molar-refractivity contribution in [2.75, 3.05) is 6.61 Å². The second-order valence-electron chi connectivity index (χ2n) is 2.49. The second kappa shape index (κ2) is 2.31. The van der Waals surface area contributed by atoms with Gasteiger partial charge in [0.1, 0.15) is 0 Å². The summed E-state index contributed by atoms with van der Waals surface area (Å²) >= 11 is 0. The summed E-state index contributed by atoms with van der Waals surface area (Å²) in [4.78, 5) is 0. The SMILES string of the molecule is CC1CC1/C=C/CO. The molecule has 46 valence electrons. The second-order valence-corrected chi connectivity index (χ2v) is 2.49. The van der Waals surface area contributed by atoms with Crippen LogP contribution in [0.1, 0.15) is 13.3 Å². The zero-order chi connectivity index (χ0) is 5.98. The van der Waals surface area contributed by atoms with Gasteiger partial charge in [0.05, 0.1) is 6.61 Å². The molecule has 0 saturated heterocycles. The fourth-order valence-corrected chi connectivity index (χ4v) is 0.855. The molecule has 0 radical (unpaired) electrons. The first kappa shape index (κ1) is 5.83. The molecule has 0 bridgehead atoms. The van der Waals surface area contributed by atoms with Crippen LogP contribution in [0.3, 0.4) is 0 Å². The summed E-state index contributed by atoms with van der Waals surface area (Å²) in [6, 6.07) is 0. The normalized spacial score (nSPS) is 36.2. The summed E-state index contributed by atoms with van der Waals surface area (Å²) in [6.07, 6.45) is 5.25. The molecule has 1 rings (SSSR count). The minimum absolute atomic E-state index is 0.198. The van der Waals surface area contributed by atoms with E-state index in [0.29, 0.717) is 0 Å². The van der Waals surface area contributed by atoms with Crippen molar-refractivity contribution in [3.63, 3.8) is 0 Å². The Morgan fingerprint density at radius 2 is 2.38 bits per heavy atom. The zero-order valence-electron chi connectivity index (χ0n) is 5.17. The number of rotatable bonds is 2. The summed E-state index contributed by atoms with van der Waals surface area (Å²) in [5.41, 5.74) is 0. The Kier molecular flexibility index (Phi) is 1.69. The highest BCUT2D eigenvalue weighted by Gasteiger charge is 2.29. The van der Waals surface area contributed by atoms with Crippen LogP contribution < -0.4 is 0 Å². The van der Waals surface area contributed by atoms with Crippen molar-refractivity contribution in [3.05, 3.63) is 12.2 Å². The zero-order valence-corrected chi connectivity index (χ0v) is 5.17. The Labute approximate surface area is 50.0 Å². The summed E-state index contributed by atoms with van der Waals surface area (Å²) in [7, 11) is 0. The molecule has 0 aromatic carbocycles. The lowest BCUT2D eigenvalue weighted by Crippen LogP contribution is -1.73. The van der Waals surface area contributed by atoms with Gasteiger partial charge in [-0.15, -0.1) is 0 Å². The highest BCUT2D eigenvalue weighted by Crippen LogP contribution is 2.38. The van der Waals surface area contributed by atoms with Crippen LogP contribution in [0.4, 0.5) is 0 Å². The number of aliphatic hydroxyl groups is 1. The molecule has 1 aliphatic rings. The van der Waals surface area contributed by atoms with Gasteiger partial charge in [-0.3, -0.25) is 0 Å². The van der Waals surface area contributed by atoms with Crippen LogP contribution in [0.2, 0.25) is 0 Å². The molecule has 1 heteroatoms. The van der Waals surface area contributed by atoms with Crippen molar-refractivity contribution in [2.24, 2.45) is 11.8 Å². The van der Waals surface area contributed by atoms with Gasteiger partial charge in [-0.2, -0.15) is 0 Å². The number of hydrogen-bond acceptors (Lipinski definition) is 1. The van der Waals surface area contributed by atoms with Crippen molar-refractivity contribution < 1.29 is 5.11 Å². The maximum atomic E-state index is 8.34. The lowest BCUT2D eigenvalue weighted by molar-refractivity contribution is 0.342. The molecule has 0 aromatic rings. The van der Waals surface area contributed by atoms with E-state index in [1.807, 2.05) is 6.08 Å². The summed E-state index contributed by atoms with van der Waals surface area (Å²) < 4.78 is 0. The van der Waals surface area contributed by atoms with Gasteiger partial charge in [0.15, 0.2) is 0 Å². The average Bonchev–Trinajstić information content (AvgIpc) is 2.42. The van der Waals surface area contributed by atoms with E-state index < -0.39 is 0 Å². The molecule has 1 saturated carbocycles. The van der Waals surface area contributed by atoms with Crippen LogP contribution >= 0.6 is 0 Å². The quantitative estimate of drug-likeness (QED) is 0.532. The third kappa shape index (κ3) is 1.34. The molecule has 1 nitrogen and oxygen atoms in total. The molecule has 0 amide bonds. The van der Waals surface area contributed by atoms with Gasteiger partial charge in [0.25, 0.3) is 0 Å². The number of aliphatic hydroxyl groups excluding tert-OH is 1. The van der Waals surface area contributed by atoms with Crippen LogP contribution in [0, 0.1) is 11.8 Å². The van der Waals surface area contributed by atoms with Gasteiger partial charge in [0.2, 0.25) is 0 Å². The van der Waals surface area contributed by atoms with Crippen LogP contribution in [0.5, 0.6) is 0 Å². The van der Waals surface area contributed by atoms with Crippen molar-refractivity contribution in [3.8, 4) is 0 Å². The molecule has 0 aromatic heterocycles. The summed E-state index contributed by atoms with van der Waals surface area (Å²) in [5.74, 6) is 1.65. The Morgan fingerprint density at radius 3 is 2.75 bits per heavy atom. The molecule has 0 spiro atoms. The van der Waals surface area contributed by atoms with E-state index in [9.17, 15) is 0 Å². The molecule has 2 atom stereocenters. The molecular weight excluding hydrogens is 100 g/mol. The molecular formula is C7H12O. The van der Waals surface area contributed by atoms with E-state index in [1.165, 1.54) is 6.42 Å². The van der Waals surface area contributed by atoms with Crippen LogP contribution in [0.15, 0.2) is 12.2 Å². The number of hydrogen-bond donors (Lipinski definition) is 1. The highest BCUT2D eigenvalue weighted by molar-refractivity contribution is 4.99. The summed E-state index contributed by atoms with van der Waals surface area (Å²) in [5, 5.41) is 8.34. The molecule has 2 unspecified atom stereocenters. The van der Waals surface area contributed by atoms with Crippen molar-refractivity contribution in [1.82, 2.24) is 0 Å². The van der Waals surface area contributed by atoms with Gasteiger partial charge in [0, 0.05) is 0 Å². The predicted octanol–water partition coefficient (Wildman–Crippen LogP) is 1.19. The van der Waals surface area contributed by atoms with E-state index in [0.717, 1.165) is 11.8 Å². The first-order valence-electron chi connectivity index (χ1n) is 3.12. The minimum atomic E-state index is 0.198. The lowest BCUT2D eigenvalue weighted by Gasteiger charge is -1.79. The van der Waals surface area contributed by atoms with E-state index in [-0.39, 0.29) is 6.61 Å². The average molecular weight is 112 g/mol. The number of allylic oxidation sites excluding steroid dienone is 1. The van der Waals surface area contributed by atoms with Gasteiger partial charge < -0.3 is 5.11 Å². The third-order valence-electron chi connectivity index (χ3n) is 1.66. The van der Waals surface area contributed by atoms with Crippen LogP contribution in [-0.4, -0.2) is 11.7 Å². The summed E-state index contributed by atoms with van der Waals surface area (Å²) in [6.45, 7) is 2.43. The molecule has 8 heavy (non-hydrogen) atoms. The lowest BCUT2D eigenvalue weighted by atomic mass is 10.3. The molecule has 1 aliphatic carbocycles. The van der Waals surface area contributed by atoms with E-state index in [2.05, 4.69) is 13.0 Å². The molecule has 1 N–H and O–H groups in total. The first-order chi connectivity index (χ1) is 3.84. The molecule has 1 fully saturated rings. The van der Waals surface area contributed by atoms with Gasteiger partial charge in [-0.1, -0.05) is 19.1 Å². The Morgan fingerprint density at radius 1 is 1.75 bits per heavy atom. The maximum Gasteiger partial charge on any atom is 0.0612 e. The van der Waals surface area contributed by atoms with Crippen molar-refractivity contribution in [2.45, 2.75) is 13.3 Å². The van der Waals surface area contributed by atoms with E-state index >= 15 is 0 Å². The fourth-order valence-electron chi connectivity index (χ4n) is 0.855. The van der Waals surface area contributed by atoms with Crippen molar-refractivity contribution in [1.29, 1.82) is 0 Å². The largest absolute Gasteiger partial charge is 0.392 e. The topological polar surface area (TPSA) is 20.2 Å². The monoisotopic (exact) mass is 112 g/mol. The maximum absolute atomic E-state index is 8.34.